The van der Waals surface area contributed by atoms with Crippen LogP contribution in [0.4, 0.5) is 19.1 Å². The molecule has 0 spiro atoms. The van der Waals surface area contributed by atoms with Gasteiger partial charge in [0.05, 0.1) is 6.42 Å². The molecule has 1 aromatic rings. The normalized spacial score (nSPS) is 13.1. The first-order chi connectivity index (χ1) is 6.70. The molecule has 0 aliphatic heterocycles. The Balaban J connectivity index is 2.68. The van der Waals surface area contributed by atoms with Gasteiger partial charge in [-0.15, -0.1) is 0 Å². The molecular weight excluding hydrogens is 207 g/mol. The van der Waals surface area contributed by atoms with Crippen molar-refractivity contribution in [1.82, 2.24) is 9.55 Å². The summed E-state index contributed by atoms with van der Waals surface area (Å²) in [4.78, 5) is 3.76. The molecule has 3 nitrogen and oxygen atoms in total. The monoisotopic (exact) mass is 221 g/mol. The molecule has 15 heavy (non-hydrogen) atoms. The fourth-order valence-electron chi connectivity index (χ4n) is 1.53. The number of aromatic nitrogens is 2. The van der Waals surface area contributed by atoms with Gasteiger partial charge in [0.1, 0.15) is 0 Å². The molecule has 1 aromatic heterocycles. The lowest BCUT2D eigenvalue weighted by Gasteiger charge is -2.26. The van der Waals surface area contributed by atoms with Crippen LogP contribution >= 0.6 is 0 Å². The maximum absolute atomic E-state index is 12.2. The largest absolute Gasteiger partial charge is 0.389 e. The Hall–Kier alpha value is -1.20. The Morgan fingerprint density at radius 2 is 2.00 bits per heavy atom. The van der Waals surface area contributed by atoms with E-state index in [1.807, 2.05) is 0 Å². The number of nitrogens with zero attached hydrogens (tertiary/aromatic N) is 2. The second-order valence-corrected chi connectivity index (χ2v) is 4.37. The van der Waals surface area contributed by atoms with Crippen molar-refractivity contribution >= 4 is 5.95 Å². The Morgan fingerprint density at radius 3 is 2.40 bits per heavy atom. The van der Waals surface area contributed by atoms with Crippen molar-refractivity contribution < 1.29 is 13.2 Å². The van der Waals surface area contributed by atoms with Crippen LogP contribution in [0, 0.1) is 5.41 Å². The highest BCUT2D eigenvalue weighted by molar-refractivity contribution is 5.16. The van der Waals surface area contributed by atoms with Crippen molar-refractivity contribution in [3.63, 3.8) is 0 Å². The van der Waals surface area contributed by atoms with E-state index in [2.05, 4.69) is 4.98 Å². The average molecular weight is 221 g/mol. The summed E-state index contributed by atoms with van der Waals surface area (Å²) >= 11 is 0. The van der Waals surface area contributed by atoms with Gasteiger partial charge >= 0.3 is 6.18 Å². The Kier molecular flexibility index (Phi) is 2.97. The highest BCUT2D eigenvalue weighted by Crippen LogP contribution is 2.34. The number of alkyl halides is 3. The molecule has 86 valence electrons. The summed E-state index contributed by atoms with van der Waals surface area (Å²) in [7, 11) is 0. The molecule has 1 heterocycles. The number of anilines is 1. The molecule has 0 fully saturated rings. The number of rotatable bonds is 3. The summed E-state index contributed by atoms with van der Waals surface area (Å²) in [6.45, 7) is 3.32. The van der Waals surface area contributed by atoms with Gasteiger partial charge in [0.2, 0.25) is 0 Å². The molecule has 0 saturated heterocycles. The minimum atomic E-state index is -4.15. The number of nitrogens with two attached hydrogens (primary N) is 1. The molecule has 0 saturated carbocycles. The lowest BCUT2D eigenvalue weighted by molar-refractivity contribution is -0.155. The van der Waals surface area contributed by atoms with Gasteiger partial charge in [-0.1, -0.05) is 13.8 Å². The number of imidazole rings is 1. The quantitative estimate of drug-likeness (QED) is 0.851. The molecule has 0 bridgehead atoms. The number of halogens is 3. The SMILES string of the molecule is CC(C)(Cn1ccnc1N)CC(F)(F)F. The van der Waals surface area contributed by atoms with Crippen LogP contribution in [0.1, 0.15) is 20.3 Å². The maximum Gasteiger partial charge on any atom is 0.389 e. The maximum atomic E-state index is 12.2. The van der Waals surface area contributed by atoms with Gasteiger partial charge in [0.25, 0.3) is 0 Å². The average Bonchev–Trinajstić information content (AvgIpc) is 2.29. The van der Waals surface area contributed by atoms with E-state index in [-0.39, 0.29) is 12.5 Å². The van der Waals surface area contributed by atoms with Crippen LogP contribution in [0.15, 0.2) is 12.4 Å². The Morgan fingerprint density at radius 1 is 1.40 bits per heavy atom. The van der Waals surface area contributed by atoms with Crippen molar-refractivity contribution in [2.24, 2.45) is 5.41 Å². The van der Waals surface area contributed by atoms with E-state index >= 15 is 0 Å². The smallest absolute Gasteiger partial charge is 0.369 e. The van der Waals surface area contributed by atoms with E-state index < -0.39 is 18.0 Å². The second-order valence-electron chi connectivity index (χ2n) is 4.37. The van der Waals surface area contributed by atoms with E-state index in [4.69, 9.17) is 5.73 Å². The summed E-state index contributed by atoms with van der Waals surface area (Å²) < 4.78 is 38.2. The molecule has 0 aromatic carbocycles. The first kappa shape index (κ1) is 11.9. The molecule has 0 amide bonds. The molecule has 2 N–H and O–H groups in total. The van der Waals surface area contributed by atoms with Crippen molar-refractivity contribution in [3.8, 4) is 0 Å². The summed E-state index contributed by atoms with van der Waals surface area (Å²) in [5.74, 6) is 0.241. The van der Waals surface area contributed by atoms with Gasteiger partial charge < -0.3 is 10.3 Å². The van der Waals surface area contributed by atoms with E-state index in [1.54, 1.807) is 20.0 Å². The van der Waals surface area contributed by atoms with E-state index in [0.29, 0.717) is 0 Å². The molecule has 0 aliphatic carbocycles. The predicted octanol–water partition coefficient (Wildman–Crippen LogP) is 2.44. The fourth-order valence-corrected chi connectivity index (χ4v) is 1.53. The van der Waals surface area contributed by atoms with Crippen molar-refractivity contribution in [2.45, 2.75) is 33.0 Å². The zero-order valence-electron chi connectivity index (χ0n) is 8.67. The molecule has 0 unspecified atom stereocenters. The van der Waals surface area contributed by atoms with Crippen LogP contribution in [-0.2, 0) is 6.54 Å². The zero-order chi connectivity index (χ0) is 11.7. The first-order valence-electron chi connectivity index (χ1n) is 4.53. The van der Waals surface area contributed by atoms with Gasteiger partial charge in [-0.3, -0.25) is 0 Å². The topological polar surface area (TPSA) is 43.8 Å². The standard InChI is InChI=1S/C9H14F3N3/c1-8(2,5-9(10,11)12)6-15-4-3-14-7(15)13/h3-4H,5-6H2,1-2H3,(H2,13,14). The van der Waals surface area contributed by atoms with Crippen LogP contribution in [0.3, 0.4) is 0 Å². The van der Waals surface area contributed by atoms with E-state index in [0.717, 1.165) is 0 Å². The fraction of sp³-hybridized carbons (Fsp3) is 0.667. The number of hydrogen-bond donors (Lipinski definition) is 1. The molecule has 0 atom stereocenters. The van der Waals surface area contributed by atoms with Crippen LogP contribution < -0.4 is 5.73 Å². The lowest BCUT2D eigenvalue weighted by atomic mass is 9.89. The summed E-state index contributed by atoms with van der Waals surface area (Å²) in [5, 5.41) is 0. The molecule has 0 radical (unpaired) electrons. The van der Waals surface area contributed by atoms with Crippen molar-refractivity contribution in [2.75, 3.05) is 5.73 Å². The summed E-state index contributed by atoms with van der Waals surface area (Å²) in [6.07, 6.45) is -1.94. The Bertz CT molecular complexity index is 328. The van der Waals surface area contributed by atoms with Crippen molar-refractivity contribution in [1.29, 1.82) is 0 Å². The lowest BCUT2D eigenvalue weighted by Crippen LogP contribution is -2.27. The second kappa shape index (κ2) is 3.75. The van der Waals surface area contributed by atoms with Gasteiger partial charge in [-0.05, 0) is 5.41 Å². The highest BCUT2D eigenvalue weighted by Gasteiger charge is 2.36. The highest BCUT2D eigenvalue weighted by atomic mass is 19.4. The minimum Gasteiger partial charge on any atom is -0.369 e. The van der Waals surface area contributed by atoms with Gasteiger partial charge in [-0.25, -0.2) is 4.98 Å². The Labute approximate surface area is 86.1 Å². The zero-order valence-corrected chi connectivity index (χ0v) is 8.67. The molecule has 6 heteroatoms. The summed E-state index contributed by atoms with van der Waals surface area (Å²) in [5.41, 5.74) is 4.60. The number of nitrogen functional groups attached to an aromatic ring is 1. The van der Waals surface area contributed by atoms with E-state index in [9.17, 15) is 13.2 Å². The van der Waals surface area contributed by atoms with Crippen LogP contribution in [0.2, 0.25) is 0 Å². The number of hydrogen-bond acceptors (Lipinski definition) is 2. The van der Waals surface area contributed by atoms with E-state index in [1.165, 1.54) is 10.8 Å². The van der Waals surface area contributed by atoms with Crippen LogP contribution in [0.25, 0.3) is 0 Å². The molecule has 0 aliphatic rings. The van der Waals surface area contributed by atoms with Gasteiger partial charge in [-0.2, -0.15) is 13.2 Å². The minimum absolute atomic E-state index is 0.207. The van der Waals surface area contributed by atoms with Gasteiger partial charge in [0, 0.05) is 18.9 Å². The predicted molar refractivity (Wildman–Crippen MR) is 51.1 cm³/mol. The summed E-state index contributed by atoms with van der Waals surface area (Å²) in [6, 6.07) is 0. The van der Waals surface area contributed by atoms with Crippen molar-refractivity contribution in [3.05, 3.63) is 12.4 Å². The molecular formula is C9H14F3N3. The first-order valence-corrected chi connectivity index (χ1v) is 4.53. The molecule has 1 rings (SSSR count). The van der Waals surface area contributed by atoms with Gasteiger partial charge in [0.15, 0.2) is 5.95 Å². The van der Waals surface area contributed by atoms with Crippen LogP contribution in [0.5, 0.6) is 0 Å². The third-order valence-electron chi connectivity index (χ3n) is 2.03. The third-order valence-corrected chi connectivity index (χ3v) is 2.03. The third kappa shape index (κ3) is 3.81. The van der Waals surface area contributed by atoms with Crippen LogP contribution in [-0.4, -0.2) is 15.7 Å².